The van der Waals surface area contributed by atoms with Gasteiger partial charge in [0.1, 0.15) is 0 Å². The molecule has 0 aliphatic rings. The summed E-state index contributed by atoms with van der Waals surface area (Å²) in [6, 6.07) is 3.47. The van der Waals surface area contributed by atoms with Crippen LogP contribution in [-0.4, -0.2) is 24.8 Å². The summed E-state index contributed by atoms with van der Waals surface area (Å²) in [5, 5.41) is 8.63. The number of carboxylic acid groups (broad SMARTS) is 1. The summed E-state index contributed by atoms with van der Waals surface area (Å²) in [5.41, 5.74) is -0.0929. The van der Waals surface area contributed by atoms with Gasteiger partial charge in [0.2, 0.25) is 13.7 Å². The minimum Gasteiger partial charge on any atom is -0.478 e. The minimum atomic E-state index is -1.19. The van der Waals surface area contributed by atoms with Gasteiger partial charge in [-0.2, -0.15) is 0 Å². The molecular weight excluding hydrogens is 210 g/mol. The van der Waals surface area contributed by atoms with Crippen LogP contribution in [0.2, 0.25) is 0 Å². The van der Waals surface area contributed by atoms with Crippen molar-refractivity contribution in [2.45, 2.75) is 0 Å². The van der Waals surface area contributed by atoms with Gasteiger partial charge in [-0.15, -0.1) is 0 Å². The molecule has 82 valence electrons. The number of benzene rings is 1. The monoisotopic (exact) mass is 218 g/mol. The lowest BCUT2D eigenvalue weighted by atomic mass is 10.2. The molecule has 0 saturated heterocycles. The maximum absolute atomic E-state index is 11.9. The molecule has 4 nitrogen and oxygen atoms in total. The van der Waals surface area contributed by atoms with Gasteiger partial charge in [0.15, 0.2) is 11.5 Å². The average molecular weight is 218 g/mol. The van der Waals surface area contributed by atoms with Crippen molar-refractivity contribution in [3.8, 4) is 11.5 Å². The molecule has 0 aliphatic heterocycles. The van der Waals surface area contributed by atoms with E-state index in [1.165, 1.54) is 12.1 Å². The quantitative estimate of drug-likeness (QED) is 0.821. The van der Waals surface area contributed by atoms with E-state index in [1.807, 2.05) is 0 Å². The normalized spacial score (nSPS) is 9.73. The lowest BCUT2D eigenvalue weighted by Gasteiger charge is -2.08. The molecule has 0 unspecified atom stereocenters. The third kappa shape index (κ3) is 2.80. The van der Waals surface area contributed by atoms with E-state index in [4.69, 9.17) is 5.11 Å². The Balaban J connectivity index is 3.02. The Kier molecular flexibility index (Phi) is 3.84. The Bertz CT molecular complexity index is 354. The first-order valence-electron chi connectivity index (χ1n) is 3.94. The van der Waals surface area contributed by atoms with Crippen LogP contribution in [0.1, 0.15) is 10.4 Å². The van der Waals surface area contributed by atoms with E-state index in [0.29, 0.717) is 0 Å². The van der Waals surface area contributed by atoms with Crippen molar-refractivity contribution in [3.63, 3.8) is 0 Å². The molecule has 1 rings (SSSR count). The van der Waals surface area contributed by atoms with Crippen LogP contribution in [-0.2, 0) is 0 Å². The zero-order chi connectivity index (χ0) is 11.3. The van der Waals surface area contributed by atoms with Crippen molar-refractivity contribution < 1.29 is 28.2 Å². The molecule has 0 spiro atoms. The highest BCUT2D eigenvalue weighted by atomic mass is 19.1. The molecule has 0 heterocycles. The van der Waals surface area contributed by atoms with Crippen molar-refractivity contribution in [1.29, 1.82) is 0 Å². The zero-order valence-electron chi connectivity index (χ0n) is 7.57. The Morgan fingerprint density at radius 3 is 2.33 bits per heavy atom. The highest BCUT2D eigenvalue weighted by molar-refractivity contribution is 5.88. The van der Waals surface area contributed by atoms with E-state index < -0.39 is 19.7 Å². The van der Waals surface area contributed by atoms with Gasteiger partial charge < -0.3 is 14.6 Å². The van der Waals surface area contributed by atoms with Gasteiger partial charge in [-0.1, -0.05) is 0 Å². The molecule has 15 heavy (non-hydrogen) atoms. The molecule has 1 aromatic carbocycles. The van der Waals surface area contributed by atoms with Crippen LogP contribution in [0.15, 0.2) is 18.2 Å². The van der Waals surface area contributed by atoms with Gasteiger partial charge in [-0.3, -0.25) is 0 Å². The number of carboxylic acids is 1. The van der Waals surface area contributed by atoms with Crippen LogP contribution in [0.4, 0.5) is 8.78 Å². The standard InChI is InChI=1S/C9H8F2O4/c10-4-14-7-2-1-6(9(12)13)3-8(7)15-5-11/h1-3H,4-5H2,(H,12,13). The molecule has 0 aromatic heterocycles. The Morgan fingerprint density at radius 2 is 1.80 bits per heavy atom. The first-order valence-corrected chi connectivity index (χ1v) is 3.94. The number of carbonyl (C=O) groups is 1. The molecule has 6 heteroatoms. The van der Waals surface area contributed by atoms with Crippen LogP contribution in [0.3, 0.4) is 0 Å². The number of hydrogen-bond donors (Lipinski definition) is 1. The molecule has 1 N–H and O–H groups in total. The van der Waals surface area contributed by atoms with E-state index in [-0.39, 0.29) is 17.1 Å². The zero-order valence-corrected chi connectivity index (χ0v) is 7.57. The third-order valence-electron chi connectivity index (χ3n) is 1.61. The molecule has 0 saturated carbocycles. The first kappa shape index (κ1) is 11.2. The lowest BCUT2D eigenvalue weighted by Crippen LogP contribution is -2.01. The smallest absolute Gasteiger partial charge is 0.335 e. The van der Waals surface area contributed by atoms with Gasteiger partial charge in [-0.25, -0.2) is 13.6 Å². The summed E-state index contributed by atoms with van der Waals surface area (Å²) in [6.45, 7) is -2.25. The summed E-state index contributed by atoms with van der Waals surface area (Å²) < 4.78 is 32.7. The third-order valence-corrected chi connectivity index (χ3v) is 1.61. The van der Waals surface area contributed by atoms with E-state index in [9.17, 15) is 13.6 Å². The van der Waals surface area contributed by atoms with Crippen LogP contribution in [0, 0.1) is 0 Å². The van der Waals surface area contributed by atoms with Crippen molar-refractivity contribution in [2.75, 3.05) is 13.7 Å². The fraction of sp³-hybridized carbons (Fsp3) is 0.222. The highest BCUT2D eigenvalue weighted by Crippen LogP contribution is 2.28. The van der Waals surface area contributed by atoms with Gasteiger partial charge in [0.05, 0.1) is 5.56 Å². The second-order valence-corrected chi connectivity index (χ2v) is 2.47. The highest BCUT2D eigenvalue weighted by Gasteiger charge is 2.10. The molecule has 0 fully saturated rings. The summed E-state index contributed by atoms with van der Waals surface area (Å²) in [7, 11) is 0. The maximum atomic E-state index is 11.9. The van der Waals surface area contributed by atoms with E-state index in [2.05, 4.69) is 9.47 Å². The molecule has 0 radical (unpaired) electrons. The van der Waals surface area contributed by atoms with Crippen molar-refractivity contribution in [3.05, 3.63) is 23.8 Å². The SMILES string of the molecule is O=C(O)c1ccc(OCF)c(OCF)c1. The van der Waals surface area contributed by atoms with Gasteiger partial charge in [0, 0.05) is 0 Å². The van der Waals surface area contributed by atoms with Crippen molar-refractivity contribution in [1.82, 2.24) is 0 Å². The number of alkyl halides is 2. The molecule has 0 atom stereocenters. The number of rotatable bonds is 5. The fourth-order valence-corrected chi connectivity index (χ4v) is 0.991. The summed E-state index contributed by atoms with van der Waals surface area (Å²) in [5.74, 6) is -1.37. The lowest BCUT2D eigenvalue weighted by molar-refractivity contribution is 0.0695. The molecule has 0 bridgehead atoms. The second-order valence-electron chi connectivity index (χ2n) is 2.47. The van der Waals surface area contributed by atoms with E-state index >= 15 is 0 Å². The van der Waals surface area contributed by atoms with Crippen LogP contribution < -0.4 is 9.47 Å². The maximum Gasteiger partial charge on any atom is 0.335 e. The summed E-state index contributed by atoms with van der Waals surface area (Å²) in [4.78, 5) is 10.6. The molecular formula is C9H8F2O4. The van der Waals surface area contributed by atoms with Crippen LogP contribution in [0.5, 0.6) is 11.5 Å². The molecule has 0 amide bonds. The van der Waals surface area contributed by atoms with Gasteiger partial charge in [-0.05, 0) is 18.2 Å². The average Bonchev–Trinajstić information content (AvgIpc) is 2.21. The number of hydrogen-bond acceptors (Lipinski definition) is 3. The fourth-order valence-electron chi connectivity index (χ4n) is 0.991. The van der Waals surface area contributed by atoms with Crippen molar-refractivity contribution in [2.24, 2.45) is 0 Å². The van der Waals surface area contributed by atoms with Gasteiger partial charge >= 0.3 is 5.97 Å². The topological polar surface area (TPSA) is 55.8 Å². The predicted octanol–water partition coefficient (Wildman–Crippen LogP) is 2.00. The molecule has 1 aromatic rings. The number of ether oxygens (including phenoxy) is 2. The van der Waals surface area contributed by atoms with Crippen molar-refractivity contribution >= 4 is 5.97 Å². The summed E-state index contributed by atoms with van der Waals surface area (Å²) in [6.07, 6.45) is 0. The second kappa shape index (κ2) is 5.14. The van der Waals surface area contributed by atoms with Crippen LogP contribution in [0.25, 0.3) is 0 Å². The number of aromatic carboxylic acids is 1. The first-order chi connectivity index (χ1) is 7.19. The van der Waals surface area contributed by atoms with E-state index in [1.54, 1.807) is 0 Å². The minimum absolute atomic E-state index is 0.0415. The number of halogens is 2. The largest absolute Gasteiger partial charge is 0.478 e. The Morgan fingerprint density at radius 1 is 1.20 bits per heavy atom. The predicted molar refractivity (Wildman–Crippen MR) is 46.6 cm³/mol. The Labute approximate surface area is 84.0 Å². The Hall–Kier alpha value is -1.85. The van der Waals surface area contributed by atoms with Crippen LogP contribution >= 0.6 is 0 Å². The van der Waals surface area contributed by atoms with Gasteiger partial charge in [0.25, 0.3) is 0 Å². The molecule has 0 aliphatic carbocycles. The summed E-state index contributed by atoms with van der Waals surface area (Å²) >= 11 is 0. The van der Waals surface area contributed by atoms with E-state index in [0.717, 1.165) is 6.07 Å².